The Balaban J connectivity index is 2.24. The third-order valence-electron chi connectivity index (χ3n) is 4.60. The molecule has 0 bridgehead atoms. The number of rotatable bonds is 5. The maximum absolute atomic E-state index is 13.2. The van der Waals surface area contributed by atoms with Crippen LogP contribution in [0.25, 0.3) is 0 Å². The van der Waals surface area contributed by atoms with Crippen LogP contribution >= 0.6 is 23.2 Å². The molecule has 1 aromatic carbocycles. The highest BCUT2D eigenvalue weighted by atomic mass is 35.5. The molecule has 0 amide bonds. The van der Waals surface area contributed by atoms with E-state index in [2.05, 4.69) is 0 Å². The van der Waals surface area contributed by atoms with Crippen molar-refractivity contribution in [2.45, 2.75) is 39.0 Å². The summed E-state index contributed by atoms with van der Waals surface area (Å²) in [7, 11) is 0. The predicted octanol–water partition coefficient (Wildman–Crippen LogP) is 5.33. The van der Waals surface area contributed by atoms with Gasteiger partial charge in [0.25, 0.3) is 0 Å². The molecule has 2 rings (SSSR count). The van der Waals surface area contributed by atoms with Gasteiger partial charge in [-0.15, -0.1) is 23.2 Å². The van der Waals surface area contributed by atoms with Crippen LogP contribution in [0.3, 0.4) is 0 Å². The van der Waals surface area contributed by atoms with Crippen molar-refractivity contribution >= 4 is 23.2 Å². The smallest absolute Gasteiger partial charge is 0.123 e. The van der Waals surface area contributed by atoms with Crippen LogP contribution in [0.5, 0.6) is 0 Å². The van der Waals surface area contributed by atoms with Crippen molar-refractivity contribution in [3.05, 3.63) is 35.1 Å². The Morgan fingerprint density at radius 2 is 1.84 bits per heavy atom. The van der Waals surface area contributed by atoms with Crippen molar-refractivity contribution in [1.29, 1.82) is 0 Å². The normalized spacial score (nSPS) is 17.1. The highest BCUT2D eigenvalue weighted by Crippen LogP contribution is 2.44. The zero-order chi connectivity index (χ0) is 13.9. The van der Waals surface area contributed by atoms with E-state index in [1.165, 1.54) is 37.3 Å². The fourth-order valence-electron chi connectivity index (χ4n) is 3.27. The fraction of sp³-hybridized carbons (Fsp3) is 0.625. The molecule has 0 aliphatic heterocycles. The maximum Gasteiger partial charge on any atom is 0.123 e. The summed E-state index contributed by atoms with van der Waals surface area (Å²) in [6.07, 6.45) is 5.86. The van der Waals surface area contributed by atoms with E-state index in [0.29, 0.717) is 17.7 Å². The minimum Gasteiger partial charge on any atom is -0.207 e. The van der Waals surface area contributed by atoms with Gasteiger partial charge in [-0.05, 0) is 55.4 Å². The molecule has 0 spiro atoms. The van der Waals surface area contributed by atoms with Gasteiger partial charge in [-0.1, -0.05) is 18.9 Å². The lowest BCUT2D eigenvalue weighted by molar-refractivity contribution is 0.224. The van der Waals surface area contributed by atoms with Crippen LogP contribution in [0.2, 0.25) is 0 Å². The van der Waals surface area contributed by atoms with E-state index in [9.17, 15) is 4.39 Å². The van der Waals surface area contributed by atoms with Gasteiger partial charge < -0.3 is 0 Å². The molecule has 1 aromatic rings. The molecule has 1 aliphatic rings. The average Bonchev–Trinajstić information content (AvgIpc) is 2.93. The number of benzene rings is 1. The first-order valence-corrected chi connectivity index (χ1v) is 8.05. The van der Waals surface area contributed by atoms with Crippen molar-refractivity contribution in [2.24, 2.45) is 11.3 Å². The van der Waals surface area contributed by atoms with Crippen LogP contribution in [-0.2, 0) is 6.42 Å². The Hall–Kier alpha value is -0.270. The molecular weight excluding hydrogens is 282 g/mol. The molecule has 1 aliphatic carbocycles. The Kier molecular flexibility index (Phi) is 5.14. The van der Waals surface area contributed by atoms with Crippen LogP contribution in [0, 0.1) is 24.1 Å². The van der Waals surface area contributed by atoms with Gasteiger partial charge in [-0.2, -0.15) is 0 Å². The zero-order valence-corrected chi connectivity index (χ0v) is 12.9. The standard InChI is InChI=1S/C16H21Cl2F/c1-12-8-15(19)7-6-13(12)9-16(10-17,11-18)14-4-2-3-5-14/h6-8,14H,2-5,9-11H2,1H3. The molecule has 0 saturated heterocycles. The second-order valence-electron chi connectivity index (χ2n) is 5.86. The minimum atomic E-state index is -0.176. The molecule has 1 saturated carbocycles. The van der Waals surface area contributed by atoms with Crippen molar-refractivity contribution in [2.75, 3.05) is 11.8 Å². The highest BCUT2D eigenvalue weighted by Gasteiger charge is 2.39. The lowest BCUT2D eigenvalue weighted by Crippen LogP contribution is -2.35. The molecule has 106 valence electrons. The summed E-state index contributed by atoms with van der Waals surface area (Å²) in [5, 5.41) is 0. The van der Waals surface area contributed by atoms with E-state index in [4.69, 9.17) is 23.2 Å². The Morgan fingerprint density at radius 1 is 1.21 bits per heavy atom. The van der Waals surface area contributed by atoms with Gasteiger partial charge in [-0.25, -0.2) is 4.39 Å². The summed E-state index contributed by atoms with van der Waals surface area (Å²) in [6.45, 7) is 1.96. The summed E-state index contributed by atoms with van der Waals surface area (Å²) in [5.74, 6) is 1.59. The SMILES string of the molecule is Cc1cc(F)ccc1CC(CCl)(CCl)C1CCCC1. The van der Waals surface area contributed by atoms with Crippen LogP contribution in [-0.4, -0.2) is 11.8 Å². The van der Waals surface area contributed by atoms with Gasteiger partial charge >= 0.3 is 0 Å². The van der Waals surface area contributed by atoms with Gasteiger partial charge in [0, 0.05) is 17.2 Å². The van der Waals surface area contributed by atoms with Crippen LogP contribution in [0.4, 0.5) is 4.39 Å². The van der Waals surface area contributed by atoms with E-state index in [1.54, 1.807) is 6.07 Å². The molecule has 0 nitrogen and oxygen atoms in total. The quantitative estimate of drug-likeness (QED) is 0.645. The fourth-order valence-corrected chi connectivity index (χ4v) is 4.18. The molecule has 0 unspecified atom stereocenters. The predicted molar refractivity (Wildman–Crippen MR) is 80.7 cm³/mol. The first-order chi connectivity index (χ1) is 9.11. The molecule has 0 radical (unpaired) electrons. The van der Waals surface area contributed by atoms with E-state index in [-0.39, 0.29) is 11.2 Å². The van der Waals surface area contributed by atoms with Gasteiger partial charge in [0.1, 0.15) is 5.82 Å². The largest absolute Gasteiger partial charge is 0.207 e. The number of aryl methyl sites for hydroxylation is 1. The molecule has 0 atom stereocenters. The van der Waals surface area contributed by atoms with Crippen molar-refractivity contribution in [3.63, 3.8) is 0 Å². The van der Waals surface area contributed by atoms with Crippen molar-refractivity contribution in [3.8, 4) is 0 Å². The van der Waals surface area contributed by atoms with Gasteiger partial charge in [0.15, 0.2) is 0 Å². The lowest BCUT2D eigenvalue weighted by Gasteiger charge is -2.36. The molecule has 3 heteroatoms. The summed E-state index contributed by atoms with van der Waals surface area (Å²) < 4.78 is 13.2. The Bertz CT molecular complexity index is 421. The third kappa shape index (κ3) is 3.25. The Labute approximate surface area is 125 Å². The van der Waals surface area contributed by atoms with Gasteiger partial charge in [-0.3, -0.25) is 0 Å². The summed E-state index contributed by atoms with van der Waals surface area (Å²) in [4.78, 5) is 0. The second-order valence-corrected chi connectivity index (χ2v) is 6.39. The van der Waals surface area contributed by atoms with Crippen LogP contribution in [0.15, 0.2) is 18.2 Å². The number of alkyl halides is 2. The third-order valence-corrected chi connectivity index (χ3v) is 5.67. The molecule has 19 heavy (non-hydrogen) atoms. The van der Waals surface area contributed by atoms with Crippen molar-refractivity contribution < 1.29 is 4.39 Å². The van der Waals surface area contributed by atoms with E-state index >= 15 is 0 Å². The molecule has 0 aromatic heterocycles. The van der Waals surface area contributed by atoms with Crippen molar-refractivity contribution in [1.82, 2.24) is 0 Å². The average molecular weight is 303 g/mol. The van der Waals surface area contributed by atoms with Crippen LogP contribution < -0.4 is 0 Å². The molecule has 1 fully saturated rings. The van der Waals surface area contributed by atoms with E-state index < -0.39 is 0 Å². The van der Waals surface area contributed by atoms with E-state index in [0.717, 1.165) is 12.0 Å². The second kappa shape index (κ2) is 6.45. The zero-order valence-electron chi connectivity index (χ0n) is 11.4. The lowest BCUT2D eigenvalue weighted by atomic mass is 9.72. The summed E-state index contributed by atoms with van der Waals surface area (Å²) in [6, 6.07) is 5.01. The first-order valence-electron chi connectivity index (χ1n) is 6.98. The maximum atomic E-state index is 13.2. The number of halogens is 3. The summed E-state index contributed by atoms with van der Waals surface area (Å²) >= 11 is 12.6. The van der Waals surface area contributed by atoms with Gasteiger partial charge in [0.2, 0.25) is 0 Å². The Morgan fingerprint density at radius 3 is 2.37 bits per heavy atom. The molecule has 0 heterocycles. The number of hydrogen-bond donors (Lipinski definition) is 0. The topological polar surface area (TPSA) is 0 Å². The monoisotopic (exact) mass is 302 g/mol. The van der Waals surface area contributed by atoms with Crippen LogP contribution in [0.1, 0.15) is 36.8 Å². The molecular formula is C16H21Cl2F. The number of hydrogen-bond acceptors (Lipinski definition) is 0. The highest BCUT2D eigenvalue weighted by molar-refractivity contribution is 6.21. The van der Waals surface area contributed by atoms with E-state index in [1.807, 2.05) is 13.0 Å². The summed E-state index contributed by atoms with van der Waals surface area (Å²) in [5.41, 5.74) is 2.13. The minimum absolute atomic E-state index is 0.0395. The first kappa shape index (κ1) is 15.1. The van der Waals surface area contributed by atoms with Gasteiger partial charge in [0.05, 0.1) is 0 Å². The molecule has 0 N–H and O–H groups in total.